The highest BCUT2D eigenvalue weighted by Gasteiger charge is 2.37. The van der Waals surface area contributed by atoms with Gasteiger partial charge in [-0.25, -0.2) is 9.97 Å². The molecule has 3 heterocycles. The van der Waals surface area contributed by atoms with Crippen LogP contribution in [-0.4, -0.2) is 50.4 Å². The van der Waals surface area contributed by atoms with Crippen LogP contribution in [0.25, 0.3) is 11.0 Å². The Morgan fingerprint density at radius 2 is 2.19 bits per heavy atom. The summed E-state index contributed by atoms with van der Waals surface area (Å²) in [4.78, 5) is 18.8. The fourth-order valence-electron chi connectivity index (χ4n) is 3.48. The van der Waals surface area contributed by atoms with E-state index in [1.54, 1.807) is 31.9 Å². The van der Waals surface area contributed by atoms with Crippen molar-refractivity contribution in [2.45, 2.75) is 23.8 Å². The van der Waals surface area contributed by atoms with Gasteiger partial charge in [0, 0.05) is 37.5 Å². The van der Waals surface area contributed by atoms with E-state index >= 15 is 0 Å². The van der Waals surface area contributed by atoms with E-state index in [0.717, 1.165) is 29.7 Å². The minimum absolute atomic E-state index is 0.404. The van der Waals surface area contributed by atoms with Gasteiger partial charge in [0.05, 0.1) is 18.7 Å². The molecule has 1 N–H and O–H groups in total. The summed E-state index contributed by atoms with van der Waals surface area (Å²) in [6, 6.07) is 4.16. The van der Waals surface area contributed by atoms with Crippen molar-refractivity contribution in [3.8, 4) is 5.75 Å². The maximum Gasteiger partial charge on any atom is 0.212 e. The van der Waals surface area contributed by atoms with Gasteiger partial charge in [-0.3, -0.25) is 4.98 Å². The van der Waals surface area contributed by atoms with Crippen molar-refractivity contribution in [2.75, 3.05) is 24.8 Å². The molecule has 4 rings (SSSR count). The SMILES string of the molecule is COc1ccncc1[S+]([O-])C[C@H]1C[C@@H](N(C)c2ncnc3[nH]ccc23)C1. The van der Waals surface area contributed by atoms with Crippen molar-refractivity contribution in [3.05, 3.63) is 37.1 Å². The van der Waals surface area contributed by atoms with Crippen molar-refractivity contribution in [3.63, 3.8) is 0 Å². The van der Waals surface area contributed by atoms with Crippen LogP contribution in [0, 0.1) is 5.92 Å². The summed E-state index contributed by atoms with van der Waals surface area (Å²) in [6.07, 6.45) is 8.76. The van der Waals surface area contributed by atoms with E-state index in [1.807, 2.05) is 12.3 Å². The predicted molar refractivity (Wildman–Crippen MR) is 101 cm³/mol. The molecule has 8 heteroatoms. The van der Waals surface area contributed by atoms with Crippen molar-refractivity contribution in [1.82, 2.24) is 19.9 Å². The van der Waals surface area contributed by atoms with E-state index < -0.39 is 11.2 Å². The Morgan fingerprint density at radius 1 is 1.35 bits per heavy atom. The normalized spacial score (nSPS) is 20.6. The largest absolute Gasteiger partial charge is 0.611 e. The van der Waals surface area contributed by atoms with Gasteiger partial charge in [0.1, 0.15) is 23.5 Å². The quantitative estimate of drug-likeness (QED) is 0.669. The Labute approximate surface area is 155 Å². The van der Waals surface area contributed by atoms with Gasteiger partial charge in [-0.2, -0.15) is 0 Å². The number of fused-ring (bicyclic) bond motifs is 1. The van der Waals surface area contributed by atoms with Crippen LogP contribution in [0.2, 0.25) is 0 Å². The lowest BCUT2D eigenvalue weighted by molar-refractivity contribution is 0.282. The molecule has 0 spiro atoms. The summed E-state index contributed by atoms with van der Waals surface area (Å²) < 4.78 is 18.0. The molecule has 0 bridgehead atoms. The number of aromatic nitrogens is 4. The fraction of sp³-hybridized carbons (Fsp3) is 0.389. The number of anilines is 1. The monoisotopic (exact) mass is 371 g/mol. The molecular weight excluding hydrogens is 350 g/mol. The van der Waals surface area contributed by atoms with Gasteiger partial charge in [0.2, 0.25) is 4.90 Å². The van der Waals surface area contributed by atoms with Crippen molar-refractivity contribution in [1.29, 1.82) is 0 Å². The average molecular weight is 371 g/mol. The first-order valence-electron chi connectivity index (χ1n) is 8.54. The summed E-state index contributed by atoms with van der Waals surface area (Å²) >= 11 is -1.10. The molecule has 0 aliphatic heterocycles. The molecule has 1 atom stereocenters. The Bertz CT molecular complexity index is 896. The fourth-order valence-corrected chi connectivity index (χ4v) is 4.91. The predicted octanol–water partition coefficient (Wildman–Crippen LogP) is 2.38. The number of nitrogens with one attached hydrogen (secondary N) is 1. The topological polar surface area (TPSA) is 90.0 Å². The van der Waals surface area contributed by atoms with Crippen LogP contribution in [0.15, 0.2) is 41.9 Å². The first-order chi connectivity index (χ1) is 12.7. The molecule has 1 saturated carbocycles. The number of nitrogens with zero attached hydrogens (tertiary/aromatic N) is 4. The number of methoxy groups -OCH3 is 1. The molecule has 0 saturated heterocycles. The molecule has 0 aromatic carbocycles. The minimum atomic E-state index is -1.10. The highest BCUT2D eigenvalue weighted by Crippen LogP contribution is 2.37. The van der Waals surface area contributed by atoms with Gasteiger partial charge in [-0.15, -0.1) is 0 Å². The average Bonchev–Trinajstić information content (AvgIpc) is 3.12. The lowest BCUT2D eigenvalue weighted by Gasteiger charge is -2.41. The van der Waals surface area contributed by atoms with Crippen LogP contribution in [0.1, 0.15) is 12.8 Å². The van der Waals surface area contributed by atoms with Crippen LogP contribution in [0.5, 0.6) is 5.75 Å². The lowest BCUT2D eigenvalue weighted by atomic mass is 9.81. The van der Waals surface area contributed by atoms with E-state index in [-0.39, 0.29) is 0 Å². The first-order valence-corrected chi connectivity index (χ1v) is 9.86. The molecule has 136 valence electrons. The minimum Gasteiger partial charge on any atom is -0.611 e. The summed E-state index contributed by atoms with van der Waals surface area (Å²) in [5.41, 5.74) is 0.850. The maximum atomic E-state index is 12.7. The van der Waals surface area contributed by atoms with Crippen LogP contribution >= 0.6 is 0 Å². The number of ether oxygens (including phenoxy) is 1. The van der Waals surface area contributed by atoms with Crippen LogP contribution < -0.4 is 9.64 Å². The number of aromatic amines is 1. The smallest absolute Gasteiger partial charge is 0.212 e. The van der Waals surface area contributed by atoms with Gasteiger partial charge < -0.3 is 19.2 Å². The number of H-pyrrole nitrogens is 1. The highest BCUT2D eigenvalue weighted by molar-refractivity contribution is 7.91. The zero-order valence-corrected chi connectivity index (χ0v) is 15.6. The number of rotatable bonds is 6. The molecule has 26 heavy (non-hydrogen) atoms. The van der Waals surface area contributed by atoms with Gasteiger partial charge in [-0.05, 0) is 30.1 Å². The van der Waals surface area contributed by atoms with Crippen molar-refractivity contribution in [2.24, 2.45) is 5.92 Å². The number of hydrogen-bond acceptors (Lipinski definition) is 6. The molecule has 3 aromatic heterocycles. The molecule has 1 unspecified atom stereocenters. The van der Waals surface area contributed by atoms with E-state index in [2.05, 4.69) is 31.9 Å². The van der Waals surface area contributed by atoms with Crippen LogP contribution in [0.4, 0.5) is 5.82 Å². The third kappa shape index (κ3) is 3.10. The molecule has 1 aliphatic rings. The van der Waals surface area contributed by atoms with Crippen LogP contribution in [-0.2, 0) is 11.2 Å². The third-order valence-corrected chi connectivity index (χ3v) is 6.60. The second-order valence-electron chi connectivity index (χ2n) is 6.58. The van der Waals surface area contributed by atoms with E-state index in [0.29, 0.717) is 28.4 Å². The van der Waals surface area contributed by atoms with Gasteiger partial charge in [-0.1, -0.05) is 0 Å². The Kier molecular flexibility index (Phi) is 4.69. The van der Waals surface area contributed by atoms with E-state index in [4.69, 9.17) is 4.74 Å². The second-order valence-corrected chi connectivity index (χ2v) is 8.04. The maximum absolute atomic E-state index is 12.7. The molecule has 1 aliphatic carbocycles. The van der Waals surface area contributed by atoms with Crippen LogP contribution in [0.3, 0.4) is 0 Å². The molecule has 0 radical (unpaired) electrons. The summed E-state index contributed by atoms with van der Waals surface area (Å²) in [5.74, 6) is 2.64. The first kappa shape index (κ1) is 17.1. The molecule has 3 aromatic rings. The summed E-state index contributed by atoms with van der Waals surface area (Å²) in [6.45, 7) is 0. The summed E-state index contributed by atoms with van der Waals surface area (Å²) in [5, 5.41) is 1.03. The zero-order chi connectivity index (χ0) is 18.1. The summed E-state index contributed by atoms with van der Waals surface area (Å²) in [7, 11) is 3.66. The number of pyridine rings is 1. The molecule has 1 fully saturated rings. The standard InChI is InChI=1S/C18H21N5O2S/c1-23(18-14-3-6-20-17(14)21-11-22-18)13-7-12(8-13)10-26(24)16-9-19-5-4-15(16)25-2/h3-6,9,11-13H,7-8,10H2,1-2H3,(H,20,21,22)/t12-,13+,26?. The van der Waals surface area contributed by atoms with Crippen molar-refractivity contribution < 1.29 is 9.29 Å². The van der Waals surface area contributed by atoms with E-state index in [1.165, 1.54) is 0 Å². The third-order valence-electron chi connectivity index (χ3n) is 5.02. The van der Waals surface area contributed by atoms with E-state index in [9.17, 15) is 4.55 Å². The molecule has 7 nitrogen and oxygen atoms in total. The van der Waals surface area contributed by atoms with Gasteiger partial charge >= 0.3 is 0 Å². The molecule has 0 amide bonds. The van der Waals surface area contributed by atoms with Gasteiger partial charge in [0.25, 0.3) is 0 Å². The van der Waals surface area contributed by atoms with Crippen molar-refractivity contribution >= 4 is 28.0 Å². The lowest BCUT2D eigenvalue weighted by Crippen LogP contribution is -2.45. The second kappa shape index (κ2) is 7.13. The Balaban J connectivity index is 1.39. The molecular formula is C18H21N5O2S. The zero-order valence-electron chi connectivity index (χ0n) is 14.8. The number of hydrogen-bond donors (Lipinski definition) is 1. The Hall–Kier alpha value is -2.32. The highest BCUT2D eigenvalue weighted by atomic mass is 32.2. The Morgan fingerprint density at radius 3 is 3.00 bits per heavy atom. The van der Waals surface area contributed by atoms with Gasteiger partial charge in [0.15, 0.2) is 5.75 Å².